The molecule has 4 heterocycles. The summed E-state index contributed by atoms with van der Waals surface area (Å²) in [6.45, 7) is 1.98. The van der Waals surface area contributed by atoms with Crippen molar-refractivity contribution in [1.29, 1.82) is 0 Å². The molecule has 210 valence electrons. The maximum Gasteiger partial charge on any atom is 0.439 e. The summed E-state index contributed by atoms with van der Waals surface area (Å²) in [5.74, 6) is -0.470. The second-order valence-corrected chi connectivity index (χ2v) is 10.0. The highest BCUT2D eigenvalue weighted by Crippen LogP contribution is 2.33. The van der Waals surface area contributed by atoms with Gasteiger partial charge in [0.1, 0.15) is 22.7 Å². The number of carbonyl (C=O) groups is 2. The third-order valence-corrected chi connectivity index (χ3v) is 7.16. The van der Waals surface area contributed by atoms with Crippen molar-refractivity contribution in [2.45, 2.75) is 32.4 Å². The van der Waals surface area contributed by atoms with E-state index in [1.165, 1.54) is 16.6 Å². The first kappa shape index (κ1) is 25.2. The number of aryl methyl sites for hydroxylation is 2. The number of rotatable bonds is 6. The Balaban J connectivity index is 1.11. The van der Waals surface area contributed by atoms with Gasteiger partial charge in [-0.05, 0) is 47.7 Å². The zero-order valence-electron chi connectivity index (χ0n) is 22.2. The van der Waals surface area contributed by atoms with Gasteiger partial charge in [0.15, 0.2) is 22.9 Å². The quantitative estimate of drug-likeness (QED) is 0.232. The zero-order valence-corrected chi connectivity index (χ0v) is 22.2. The molecule has 1 aliphatic rings. The van der Waals surface area contributed by atoms with Crippen LogP contribution in [0.4, 0.5) is 5.82 Å². The van der Waals surface area contributed by atoms with Gasteiger partial charge in [-0.25, -0.2) is 19.3 Å². The highest BCUT2D eigenvalue weighted by Gasteiger charge is 2.27. The van der Waals surface area contributed by atoms with E-state index in [-0.39, 0.29) is 35.4 Å². The fourth-order valence-corrected chi connectivity index (χ4v) is 5.24. The lowest BCUT2D eigenvalue weighted by Crippen LogP contribution is -2.30. The lowest BCUT2D eigenvalue weighted by atomic mass is 10.0. The first-order valence-electron chi connectivity index (χ1n) is 13.1. The minimum Gasteiger partial charge on any atom is -0.441 e. The van der Waals surface area contributed by atoms with Crippen molar-refractivity contribution < 1.29 is 18.5 Å². The molecule has 14 nitrogen and oxygen atoms in total. The lowest BCUT2D eigenvalue weighted by Gasteiger charge is -2.15. The van der Waals surface area contributed by atoms with Crippen LogP contribution in [0.5, 0.6) is 0 Å². The molecule has 1 aliphatic carbocycles. The Morgan fingerprint density at radius 1 is 1.12 bits per heavy atom. The van der Waals surface area contributed by atoms with Gasteiger partial charge in [-0.3, -0.25) is 19.1 Å². The third kappa shape index (κ3) is 4.54. The van der Waals surface area contributed by atoms with Crippen molar-refractivity contribution in [3.05, 3.63) is 93.1 Å². The van der Waals surface area contributed by atoms with E-state index in [1.807, 2.05) is 24.3 Å². The van der Waals surface area contributed by atoms with Gasteiger partial charge in [0.25, 0.3) is 11.8 Å². The Morgan fingerprint density at radius 3 is 2.83 bits per heavy atom. The smallest absolute Gasteiger partial charge is 0.439 e. The number of nitrogen functional groups attached to an aromatic ring is 1. The van der Waals surface area contributed by atoms with Crippen LogP contribution in [-0.4, -0.2) is 41.5 Å². The molecule has 2 amide bonds. The molecule has 0 unspecified atom stereocenters. The standard InChI is InChI=1S/C28H23N9O5/c1-13-31-19-8-14(2-7-22(19)41-13)12-30-27(39)21-10-20(32-24-11-23(29)35-37(21)24)26(38)33-18-6-4-15-9-16(3-5-17(15)18)25-34-28(40)42-36-25/h2-3,5,7-11,18H,4,6,12H2,1H3,(H2,29,35)(H,30,39)(H,33,38)(H,34,36,40)/t18-/m0/s1. The summed E-state index contributed by atoms with van der Waals surface area (Å²) in [7, 11) is 0. The second-order valence-electron chi connectivity index (χ2n) is 10.0. The van der Waals surface area contributed by atoms with E-state index in [9.17, 15) is 14.4 Å². The van der Waals surface area contributed by atoms with Gasteiger partial charge in [0.2, 0.25) is 0 Å². The molecule has 0 bridgehead atoms. The molecule has 2 aromatic carbocycles. The Hall–Kier alpha value is -5.79. The third-order valence-electron chi connectivity index (χ3n) is 7.16. The SMILES string of the molecule is Cc1nc2cc(CNC(=O)c3cc(C(=O)N[C@H]4CCc5cc(-c6noc(=O)[nH]6)ccc54)nc4cc(N)nn34)ccc2o1. The molecule has 6 aromatic rings. The molecule has 1 atom stereocenters. The van der Waals surface area contributed by atoms with Crippen LogP contribution in [0, 0.1) is 6.92 Å². The monoisotopic (exact) mass is 565 g/mol. The van der Waals surface area contributed by atoms with Crippen molar-refractivity contribution in [1.82, 2.24) is 40.4 Å². The van der Waals surface area contributed by atoms with E-state index >= 15 is 0 Å². The van der Waals surface area contributed by atoms with Gasteiger partial charge in [-0.1, -0.05) is 23.4 Å². The Morgan fingerprint density at radius 2 is 2.00 bits per heavy atom. The largest absolute Gasteiger partial charge is 0.441 e. The highest BCUT2D eigenvalue weighted by atomic mass is 16.5. The number of aromatic amines is 1. The number of hydrogen-bond donors (Lipinski definition) is 4. The minimum absolute atomic E-state index is 0.0530. The number of benzene rings is 2. The number of nitrogens with one attached hydrogen (secondary N) is 3. The molecule has 14 heteroatoms. The van der Waals surface area contributed by atoms with Crippen LogP contribution in [0.2, 0.25) is 0 Å². The van der Waals surface area contributed by atoms with Crippen LogP contribution in [-0.2, 0) is 13.0 Å². The summed E-state index contributed by atoms with van der Waals surface area (Å²) in [5.41, 5.74) is 11.2. The normalized spacial score (nSPS) is 14.4. The Labute approximate surface area is 235 Å². The number of carbonyl (C=O) groups excluding carboxylic acids is 2. The molecule has 0 aliphatic heterocycles. The summed E-state index contributed by atoms with van der Waals surface area (Å²) in [6, 6.07) is 13.7. The van der Waals surface area contributed by atoms with Crippen LogP contribution >= 0.6 is 0 Å². The number of anilines is 1. The maximum atomic E-state index is 13.4. The molecular weight excluding hydrogens is 542 g/mol. The van der Waals surface area contributed by atoms with E-state index in [1.54, 1.807) is 19.1 Å². The van der Waals surface area contributed by atoms with Gasteiger partial charge < -0.3 is 20.8 Å². The number of aromatic nitrogens is 6. The molecule has 42 heavy (non-hydrogen) atoms. The predicted molar refractivity (Wildman–Crippen MR) is 148 cm³/mol. The molecule has 4 aromatic heterocycles. The number of oxazole rings is 1. The Bertz CT molecular complexity index is 2090. The summed E-state index contributed by atoms with van der Waals surface area (Å²) < 4.78 is 11.4. The number of H-pyrrole nitrogens is 1. The number of hydrogen-bond acceptors (Lipinski definition) is 10. The average molecular weight is 566 g/mol. The van der Waals surface area contributed by atoms with E-state index in [2.05, 4.69) is 40.4 Å². The van der Waals surface area contributed by atoms with Gasteiger partial charge in [-0.15, -0.1) is 5.10 Å². The first-order valence-corrected chi connectivity index (χ1v) is 13.1. The van der Waals surface area contributed by atoms with Crippen LogP contribution in [0.1, 0.15) is 56.0 Å². The summed E-state index contributed by atoms with van der Waals surface area (Å²) in [6.07, 6.45) is 1.39. The molecule has 0 saturated heterocycles. The molecule has 7 rings (SSSR count). The second kappa shape index (κ2) is 9.69. The number of amides is 2. The first-order chi connectivity index (χ1) is 20.3. The van der Waals surface area contributed by atoms with E-state index in [0.29, 0.717) is 34.8 Å². The topological polar surface area (TPSA) is 199 Å². The molecule has 0 spiro atoms. The number of nitrogens with two attached hydrogens (primary N) is 1. The summed E-state index contributed by atoms with van der Waals surface area (Å²) in [5, 5.41) is 13.8. The van der Waals surface area contributed by atoms with Crippen molar-refractivity contribution in [3.8, 4) is 11.4 Å². The van der Waals surface area contributed by atoms with E-state index in [0.717, 1.165) is 23.1 Å². The maximum absolute atomic E-state index is 13.4. The number of nitrogens with zero attached hydrogens (tertiary/aromatic N) is 5. The summed E-state index contributed by atoms with van der Waals surface area (Å²) in [4.78, 5) is 49.3. The van der Waals surface area contributed by atoms with Crippen molar-refractivity contribution >= 4 is 34.4 Å². The average Bonchev–Trinajstić information content (AvgIpc) is 3.75. The molecule has 5 N–H and O–H groups in total. The molecule has 0 fully saturated rings. The fraction of sp³-hybridized carbons (Fsp3) is 0.179. The van der Waals surface area contributed by atoms with Crippen LogP contribution in [0.3, 0.4) is 0 Å². The van der Waals surface area contributed by atoms with Crippen LogP contribution in [0.25, 0.3) is 28.1 Å². The van der Waals surface area contributed by atoms with Crippen molar-refractivity contribution in [2.75, 3.05) is 5.73 Å². The molecule has 0 saturated carbocycles. The zero-order chi connectivity index (χ0) is 29.0. The molecular formula is C28H23N9O5. The Kier molecular flexibility index (Phi) is 5.81. The summed E-state index contributed by atoms with van der Waals surface area (Å²) >= 11 is 0. The molecule has 0 radical (unpaired) electrons. The highest BCUT2D eigenvalue weighted by molar-refractivity contribution is 5.98. The van der Waals surface area contributed by atoms with E-state index < -0.39 is 17.6 Å². The number of fused-ring (bicyclic) bond motifs is 3. The van der Waals surface area contributed by atoms with Gasteiger partial charge >= 0.3 is 5.76 Å². The minimum atomic E-state index is -0.628. The van der Waals surface area contributed by atoms with Crippen molar-refractivity contribution in [3.63, 3.8) is 0 Å². The predicted octanol–water partition coefficient (Wildman–Crippen LogP) is 2.45. The van der Waals surface area contributed by atoms with E-state index in [4.69, 9.17) is 10.2 Å². The van der Waals surface area contributed by atoms with Gasteiger partial charge in [0.05, 0.1) is 6.04 Å². The van der Waals surface area contributed by atoms with Gasteiger partial charge in [-0.2, -0.15) is 0 Å². The lowest BCUT2D eigenvalue weighted by molar-refractivity contribution is 0.0931. The fourth-order valence-electron chi connectivity index (χ4n) is 5.24. The van der Waals surface area contributed by atoms with Gasteiger partial charge in [0, 0.05) is 31.2 Å². The van der Waals surface area contributed by atoms with Crippen LogP contribution < -0.4 is 22.1 Å². The van der Waals surface area contributed by atoms with Crippen molar-refractivity contribution in [2.24, 2.45) is 0 Å². The van der Waals surface area contributed by atoms with Crippen LogP contribution in [0.15, 0.2) is 62.3 Å².